The molecule has 0 bridgehead atoms. The van der Waals surface area contributed by atoms with Gasteiger partial charge in [-0.1, -0.05) is 53.6 Å². The predicted octanol–water partition coefficient (Wildman–Crippen LogP) is 6.32. The Balaban J connectivity index is 2.01. The van der Waals surface area contributed by atoms with Gasteiger partial charge in [-0.2, -0.15) is 0 Å². The van der Waals surface area contributed by atoms with Crippen molar-refractivity contribution < 1.29 is 14.2 Å². The van der Waals surface area contributed by atoms with Gasteiger partial charge in [0.2, 0.25) is 0 Å². The molecule has 0 saturated heterocycles. The lowest BCUT2D eigenvalue weighted by Gasteiger charge is -2.19. The number of rotatable bonds is 11. The van der Waals surface area contributed by atoms with Gasteiger partial charge < -0.3 is 14.2 Å². The van der Waals surface area contributed by atoms with Crippen LogP contribution in [0.5, 0.6) is 11.5 Å². The summed E-state index contributed by atoms with van der Waals surface area (Å²) >= 11 is 5.84. The van der Waals surface area contributed by atoms with Crippen LogP contribution in [0.4, 0.5) is 0 Å². The van der Waals surface area contributed by atoms with E-state index in [2.05, 4.69) is 31.2 Å². The van der Waals surface area contributed by atoms with E-state index in [1.54, 1.807) is 19.8 Å². The first-order valence-electron chi connectivity index (χ1n) is 9.27. The molecule has 0 aromatic heterocycles. The second kappa shape index (κ2) is 11.7. The summed E-state index contributed by atoms with van der Waals surface area (Å²) in [6.45, 7) is 3.40. The molecule has 0 amide bonds. The Bertz CT molecular complexity index is 713. The molecule has 1 atom stereocenters. The Kier molecular flexibility index (Phi) is 9.23. The van der Waals surface area contributed by atoms with E-state index < -0.39 is 0 Å². The van der Waals surface area contributed by atoms with E-state index >= 15 is 0 Å². The molecule has 0 aliphatic carbocycles. The maximum absolute atomic E-state index is 5.91. The van der Waals surface area contributed by atoms with E-state index in [-0.39, 0.29) is 0 Å². The number of ether oxygens (including phenoxy) is 3. The molecule has 0 N–H and O–H groups in total. The third-order valence-corrected chi connectivity index (χ3v) is 5.05. The third kappa shape index (κ3) is 6.93. The van der Waals surface area contributed by atoms with Gasteiger partial charge in [0.25, 0.3) is 0 Å². The summed E-state index contributed by atoms with van der Waals surface area (Å²) < 4.78 is 16.7. The van der Waals surface area contributed by atoms with Crippen molar-refractivity contribution in [3.8, 4) is 11.5 Å². The normalized spacial score (nSPS) is 12.7. The summed E-state index contributed by atoms with van der Waals surface area (Å²) in [6, 6.07) is 16.4. The predicted molar refractivity (Wildman–Crippen MR) is 112 cm³/mol. The van der Waals surface area contributed by atoms with Crippen LogP contribution in [0, 0.1) is 0 Å². The number of allylic oxidation sites excluding steroid dienone is 1. The van der Waals surface area contributed by atoms with Crippen LogP contribution in [0.2, 0.25) is 0 Å². The van der Waals surface area contributed by atoms with Crippen molar-refractivity contribution in [1.29, 1.82) is 0 Å². The Morgan fingerprint density at radius 3 is 2.41 bits per heavy atom. The van der Waals surface area contributed by atoms with Crippen molar-refractivity contribution in [3.05, 3.63) is 70.8 Å². The van der Waals surface area contributed by atoms with Crippen molar-refractivity contribution in [2.45, 2.75) is 38.7 Å². The molecule has 0 fully saturated rings. The molecule has 3 nitrogen and oxygen atoms in total. The van der Waals surface area contributed by atoms with Gasteiger partial charge in [-0.25, -0.2) is 0 Å². The Morgan fingerprint density at radius 1 is 1.00 bits per heavy atom. The maximum Gasteiger partial charge on any atom is 0.160 e. The smallest absolute Gasteiger partial charge is 0.160 e. The number of hydrogen-bond acceptors (Lipinski definition) is 3. The highest BCUT2D eigenvalue weighted by atomic mass is 35.5. The van der Waals surface area contributed by atoms with Crippen LogP contribution in [0.1, 0.15) is 43.2 Å². The topological polar surface area (TPSA) is 27.7 Å². The van der Waals surface area contributed by atoms with Gasteiger partial charge in [0.05, 0.1) is 20.8 Å². The first-order chi connectivity index (χ1) is 13.2. The van der Waals surface area contributed by atoms with Crippen molar-refractivity contribution in [2.24, 2.45) is 0 Å². The van der Waals surface area contributed by atoms with Gasteiger partial charge in [-0.15, -0.1) is 0 Å². The zero-order valence-electron chi connectivity index (χ0n) is 16.4. The molecule has 0 radical (unpaired) electrons. The molecule has 0 unspecified atom stereocenters. The van der Waals surface area contributed by atoms with E-state index in [0.29, 0.717) is 19.1 Å². The van der Waals surface area contributed by atoms with Gasteiger partial charge >= 0.3 is 0 Å². The first kappa shape index (κ1) is 21.3. The molecule has 27 heavy (non-hydrogen) atoms. The Morgan fingerprint density at radius 2 is 1.74 bits per heavy atom. The van der Waals surface area contributed by atoms with Gasteiger partial charge in [0, 0.05) is 12.1 Å². The molecule has 0 heterocycles. The van der Waals surface area contributed by atoms with Crippen LogP contribution < -0.4 is 9.47 Å². The molecule has 4 heteroatoms. The van der Waals surface area contributed by atoms with Crippen molar-refractivity contribution in [2.75, 3.05) is 20.8 Å². The van der Waals surface area contributed by atoms with Crippen LogP contribution in [-0.4, -0.2) is 20.8 Å². The Labute approximate surface area is 167 Å². The fourth-order valence-corrected chi connectivity index (χ4v) is 3.14. The van der Waals surface area contributed by atoms with Crippen LogP contribution in [-0.2, 0) is 11.3 Å². The van der Waals surface area contributed by atoms with Crippen LogP contribution in [0.15, 0.2) is 59.6 Å². The number of halogens is 1. The van der Waals surface area contributed by atoms with Gasteiger partial charge in [0.15, 0.2) is 11.5 Å². The highest BCUT2D eigenvalue weighted by Gasteiger charge is 2.15. The number of hydrogen-bond donors (Lipinski definition) is 0. The highest BCUT2D eigenvalue weighted by molar-refractivity contribution is 6.25. The Hall–Kier alpha value is -1.97. The molecule has 146 valence electrons. The summed E-state index contributed by atoms with van der Waals surface area (Å²) in [5, 5.41) is 0. The van der Waals surface area contributed by atoms with Crippen LogP contribution >= 0.6 is 11.6 Å². The average Bonchev–Trinajstić information content (AvgIpc) is 2.73. The van der Waals surface area contributed by atoms with Gasteiger partial charge in [-0.05, 0) is 55.4 Å². The third-order valence-electron chi connectivity index (χ3n) is 4.67. The summed E-state index contributed by atoms with van der Waals surface area (Å²) in [4.78, 5) is 0. The fourth-order valence-electron chi connectivity index (χ4n) is 3.03. The minimum absolute atomic E-state index is 0.368. The zero-order valence-corrected chi connectivity index (χ0v) is 17.2. The SMILES string of the molecule is COc1ccc([C@@H](CCOCc2ccccc2)CC/C(C)=C/Cl)cc1OC. The van der Waals surface area contributed by atoms with E-state index in [4.69, 9.17) is 25.8 Å². The van der Waals surface area contributed by atoms with Gasteiger partial charge in [0.1, 0.15) is 0 Å². The molecule has 0 spiro atoms. The lowest BCUT2D eigenvalue weighted by molar-refractivity contribution is 0.113. The average molecular weight is 389 g/mol. The second-order valence-electron chi connectivity index (χ2n) is 6.63. The zero-order chi connectivity index (χ0) is 19.5. The lowest BCUT2D eigenvalue weighted by Crippen LogP contribution is -2.06. The molecule has 2 aromatic rings. The quantitative estimate of drug-likeness (QED) is 0.422. The summed E-state index contributed by atoms with van der Waals surface area (Å²) in [5.41, 5.74) is 5.28. The minimum Gasteiger partial charge on any atom is -0.493 e. The molecular weight excluding hydrogens is 360 g/mol. The molecule has 2 rings (SSSR count). The molecule has 0 saturated carbocycles. The molecule has 2 aromatic carbocycles. The van der Waals surface area contributed by atoms with Crippen molar-refractivity contribution in [1.82, 2.24) is 0 Å². The lowest BCUT2D eigenvalue weighted by atomic mass is 9.90. The first-order valence-corrected chi connectivity index (χ1v) is 9.71. The number of methoxy groups -OCH3 is 2. The van der Waals surface area contributed by atoms with Crippen LogP contribution in [0.25, 0.3) is 0 Å². The molecule has 0 aliphatic rings. The van der Waals surface area contributed by atoms with E-state index in [1.807, 2.05) is 24.3 Å². The van der Waals surface area contributed by atoms with Crippen molar-refractivity contribution >= 4 is 11.6 Å². The summed E-state index contributed by atoms with van der Waals surface area (Å²) in [7, 11) is 3.32. The second-order valence-corrected chi connectivity index (χ2v) is 6.85. The summed E-state index contributed by atoms with van der Waals surface area (Å²) in [5.74, 6) is 1.87. The minimum atomic E-state index is 0.368. The van der Waals surface area contributed by atoms with E-state index in [1.165, 1.54) is 16.7 Å². The number of benzene rings is 2. The van der Waals surface area contributed by atoms with Crippen molar-refractivity contribution in [3.63, 3.8) is 0 Å². The maximum atomic E-state index is 5.91. The fraction of sp³-hybridized carbons (Fsp3) is 0.391. The van der Waals surface area contributed by atoms with E-state index in [0.717, 1.165) is 30.8 Å². The largest absolute Gasteiger partial charge is 0.493 e. The monoisotopic (exact) mass is 388 g/mol. The summed E-state index contributed by atoms with van der Waals surface area (Å²) in [6.07, 6.45) is 2.91. The molecular formula is C23H29ClO3. The molecule has 0 aliphatic heterocycles. The van der Waals surface area contributed by atoms with Crippen LogP contribution in [0.3, 0.4) is 0 Å². The van der Waals surface area contributed by atoms with Gasteiger partial charge in [-0.3, -0.25) is 0 Å². The van der Waals surface area contributed by atoms with E-state index in [9.17, 15) is 0 Å². The highest BCUT2D eigenvalue weighted by Crippen LogP contribution is 2.34. The standard InChI is InChI=1S/C23H29ClO3/c1-18(16-24)9-10-20(13-14-27-17-19-7-5-4-6-8-19)21-11-12-22(25-2)23(15-21)26-3/h4-8,11-12,15-16,20H,9-10,13-14,17H2,1-3H3/b18-16+/t20-/m1/s1.